The number of thiazole rings is 2. The summed E-state index contributed by atoms with van der Waals surface area (Å²) in [5, 5.41) is 5.53. The minimum atomic E-state index is 0.149. The van der Waals surface area contributed by atoms with Gasteiger partial charge in [0.2, 0.25) is 5.91 Å². The van der Waals surface area contributed by atoms with Crippen LogP contribution in [-0.2, 0) is 24.2 Å². The molecule has 0 bridgehead atoms. The van der Waals surface area contributed by atoms with Crippen molar-refractivity contribution in [2.24, 2.45) is 11.3 Å². The van der Waals surface area contributed by atoms with Gasteiger partial charge in [-0.1, -0.05) is 13.8 Å². The van der Waals surface area contributed by atoms with Crippen LogP contribution in [-0.4, -0.2) is 53.0 Å². The van der Waals surface area contributed by atoms with Crippen LogP contribution in [0.4, 0.5) is 5.13 Å². The third-order valence-corrected chi connectivity index (χ3v) is 9.50. The van der Waals surface area contributed by atoms with Gasteiger partial charge in [-0.15, -0.1) is 22.7 Å². The summed E-state index contributed by atoms with van der Waals surface area (Å²) in [4.78, 5) is 29.2. The third-order valence-electron chi connectivity index (χ3n) is 7.37. The topological polar surface area (TPSA) is 61.4 Å². The van der Waals surface area contributed by atoms with Gasteiger partial charge in [0.15, 0.2) is 5.13 Å². The molecule has 1 N–H and O–H groups in total. The van der Waals surface area contributed by atoms with Crippen LogP contribution in [0.3, 0.4) is 0 Å². The van der Waals surface area contributed by atoms with Gasteiger partial charge in [0.05, 0.1) is 17.1 Å². The lowest BCUT2D eigenvalue weighted by Crippen LogP contribution is -2.53. The number of carbonyl (C=O) groups excluding carboxylic acids is 1. The quantitative estimate of drug-likeness (QED) is 0.626. The average Bonchev–Trinajstić information content (AvgIpc) is 3.36. The van der Waals surface area contributed by atoms with E-state index in [0.29, 0.717) is 17.9 Å². The first kappa shape index (κ1) is 23.2. The molecule has 4 heterocycles. The normalized spacial score (nSPS) is 24.9. The number of aromatic nitrogens is 2. The molecule has 1 aliphatic carbocycles. The molecule has 1 saturated heterocycles. The number of hydrogen-bond donors (Lipinski definition) is 1. The Morgan fingerprint density at radius 3 is 2.70 bits per heavy atom. The minimum Gasteiger partial charge on any atom is -0.353 e. The van der Waals surface area contributed by atoms with E-state index in [1.54, 1.807) is 11.3 Å². The molecule has 1 amide bonds. The highest BCUT2D eigenvalue weighted by molar-refractivity contribution is 7.15. The molecule has 6 nitrogen and oxygen atoms in total. The van der Waals surface area contributed by atoms with Gasteiger partial charge < -0.3 is 10.2 Å². The van der Waals surface area contributed by atoms with Gasteiger partial charge in [0.25, 0.3) is 0 Å². The molecule has 2 aromatic rings. The Hall–Kier alpha value is -1.51. The molecule has 2 aromatic heterocycles. The van der Waals surface area contributed by atoms with Crippen molar-refractivity contribution >= 4 is 33.7 Å². The van der Waals surface area contributed by atoms with Crippen molar-refractivity contribution < 1.29 is 4.79 Å². The SMILES string of the molecule is Cc1ncc(CC(=O)NC2CCC(CCN3CCc4sc(N5CC(C)(C)C5)nc4C3)CC2)s1. The maximum atomic E-state index is 12.4. The van der Waals surface area contributed by atoms with E-state index in [1.165, 1.54) is 48.1 Å². The summed E-state index contributed by atoms with van der Waals surface area (Å²) in [5.41, 5.74) is 1.77. The van der Waals surface area contributed by atoms with Crippen LogP contribution in [0.1, 0.15) is 66.4 Å². The van der Waals surface area contributed by atoms with Crippen LogP contribution in [0.2, 0.25) is 0 Å². The third kappa shape index (κ3) is 5.77. The molecule has 2 fully saturated rings. The Bertz CT molecular complexity index is 967. The van der Waals surface area contributed by atoms with Crippen molar-refractivity contribution in [1.29, 1.82) is 0 Å². The standard InChI is InChI=1S/C25H37N5OS2/c1-17-26-13-20(32-17)12-23(31)27-19-6-4-18(5-7-19)8-10-29-11-9-22-21(14-29)28-24(33-22)30-15-25(2,3)16-30/h13,18-19H,4-12,14-16H2,1-3H3,(H,27,31). The van der Waals surface area contributed by atoms with Crippen LogP contribution < -0.4 is 10.2 Å². The largest absolute Gasteiger partial charge is 0.353 e. The van der Waals surface area contributed by atoms with Crippen molar-refractivity contribution in [3.05, 3.63) is 26.7 Å². The Labute approximate surface area is 205 Å². The molecule has 33 heavy (non-hydrogen) atoms. The second-order valence-electron chi connectivity index (χ2n) is 11.0. The van der Waals surface area contributed by atoms with Crippen LogP contribution in [0.25, 0.3) is 0 Å². The van der Waals surface area contributed by atoms with E-state index >= 15 is 0 Å². The van der Waals surface area contributed by atoms with Crippen molar-refractivity contribution in [2.45, 2.75) is 78.3 Å². The van der Waals surface area contributed by atoms with E-state index in [4.69, 9.17) is 4.98 Å². The molecular formula is C25H37N5OS2. The summed E-state index contributed by atoms with van der Waals surface area (Å²) >= 11 is 3.54. The van der Waals surface area contributed by atoms with E-state index in [1.807, 2.05) is 24.5 Å². The zero-order valence-corrected chi connectivity index (χ0v) is 21.9. The molecule has 2 aliphatic heterocycles. The number of amides is 1. The fourth-order valence-electron chi connectivity index (χ4n) is 5.57. The fraction of sp³-hybridized carbons (Fsp3) is 0.720. The summed E-state index contributed by atoms with van der Waals surface area (Å²) in [7, 11) is 0. The molecule has 3 aliphatic rings. The summed E-state index contributed by atoms with van der Waals surface area (Å²) in [6.07, 6.45) is 9.42. The fourth-order valence-corrected chi connectivity index (χ4v) is 7.42. The molecule has 0 spiro atoms. The summed E-state index contributed by atoms with van der Waals surface area (Å²) < 4.78 is 0. The van der Waals surface area contributed by atoms with E-state index in [2.05, 4.69) is 33.9 Å². The van der Waals surface area contributed by atoms with E-state index in [9.17, 15) is 4.79 Å². The zero-order valence-electron chi connectivity index (χ0n) is 20.2. The van der Waals surface area contributed by atoms with Crippen LogP contribution in [0.15, 0.2) is 6.20 Å². The maximum Gasteiger partial charge on any atom is 0.225 e. The van der Waals surface area contributed by atoms with Crippen LogP contribution in [0.5, 0.6) is 0 Å². The Morgan fingerprint density at radius 1 is 1.21 bits per heavy atom. The van der Waals surface area contributed by atoms with Gasteiger partial charge in [-0.3, -0.25) is 9.69 Å². The molecule has 0 aromatic carbocycles. The van der Waals surface area contributed by atoms with Gasteiger partial charge in [-0.25, -0.2) is 9.97 Å². The highest BCUT2D eigenvalue weighted by Gasteiger charge is 2.36. The Morgan fingerprint density at radius 2 is 2.00 bits per heavy atom. The molecule has 180 valence electrons. The second-order valence-corrected chi connectivity index (χ2v) is 13.4. The number of anilines is 1. The van der Waals surface area contributed by atoms with Gasteiger partial charge in [-0.05, 0) is 63.3 Å². The number of nitrogens with zero attached hydrogens (tertiary/aromatic N) is 4. The number of aryl methyl sites for hydroxylation is 1. The van der Waals surface area contributed by atoms with Gasteiger partial charge >= 0.3 is 0 Å². The van der Waals surface area contributed by atoms with Crippen LogP contribution in [0, 0.1) is 18.3 Å². The average molecular weight is 488 g/mol. The van der Waals surface area contributed by atoms with Crippen molar-refractivity contribution in [3.63, 3.8) is 0 Å². The highest BCUT2D eigenvalue weighted by atomic mass is 32.1. The summed E-state index contributed by atoms with van der Waals surface area (Å²) in [6, 6.07) is 0.347. The Balaban J connectivity index is 1.02. The maximum absolute atomic E-state index is 12.4. The first-order valence-electron chi connectivity index (χ1n) is 12.5. The minimum absolute atomic E-state index is 0.149. The number of fused-ring (bicyclic) bond motifs is 1. The van der Waals surface area contributed by atoms with E-state index < -0.39 is 0 Å². The first-order valence-corrected chi connectivity index (χ1v) is 14.1. The highest BCUT2D eigenvalue weighted by Crippen LogP contribution is 2.38. The smallest absolute Gasteiger partial charge is 0.225 e. The number of nitrogens with one attached hydrogen (secondary N) is 1. The lowest BCUT2D eigenvalue weighted by Gasteiger charge is -2.45. The van der Waals surface area contributed by atoms with E-state index in [0.717, 1.165) is 54.7 Å². The lowest BCUT2D eigenvalue weighted by molar-refractivity contribution is -0.121. The molecule has 0 radical (unpaired) electrons. The van der Waals surface area contributed by atoms with Crippen molar-refractivity contribution in [1.82, 2.24) is 20.2 Å². The predicted octanol–water partition coefficient (Wildman–Crippen LogP) is 4.42. The number of carbonyl (C=O) groups is 1. The first-order chi connectivity index (χ1) is 15.8. The molecule has 5 rings (SSSR count). The monoisotopic (exact) mass is 487 g/mol. The predicted molar refractivity (Wildman–Crippen MR) is 136 cm³/mol. The van der Waals surface area contributed by atoms with Gasteiger partial charge in [0.1, 0.15) is 0 Å². The molecule has 0 atom stereocenters. The molecular weight excluding hydrogens is 450 g/mol. The molecule has 0 unspecified atom stereocenters. The number of hydrogen-bond acceptors (Lipinski definition) is 7. The summed E-state index contributed by atoms with van der Waals surface area (Å²) in [5.74, 6) is 0.939. The number of rotatable bonds is 7. The zero-order chi connectivity index (χ0) is 23.0. The Kier molecular flexibility index (Phi) is 6.78. The van der Waals surface area contributed by atoms with E-state index in [-0.39, 0.29) is 5.91 Å². The van der Waals surface area contributed by atoms with Crippen molar-refractivity contribution in [3.8, 4) is 0 Å². The van der Waals surface area contributed by atoms with Crippen LogP contribution >= 0.6 is 22.7 Å². The molecule has 1 saturated carbocycles. The second kappa shape index (κ2) is 9.62. The molecule has 8 heteroatoms. The lowest BCUT2D eigenvalue weighted by atomic mass is 9.84. The van der Waals surface area contributed by atoms with Gasteiger partial charge in [0, 0.05) is 48.2 Å². The summed E-state index contributed by atoms with van der Waals surface area (Å²) in [6.45, 7) is 12.3. The van der Waals surface area contributed by atoms with Gasteiger partial charge in [-0.2, -0.15) is 0 Å². The van der Waals surface area contributed by atoms with Crippen molar-refractivity contribution in [2.75, 3.05) is 31.1 Å².